The Morgan fingerprint density at radius 1 is 0.846 bits per heavy atom. The van der Waals surface area contributed by atoms with Gasteiger partial charge in [0.05, 0.1) is 31.9 Å². The van der Waals surface area contributed by atoms with Crippen molar-refractivity contribution in [2.45, 2.75) is 39.5 Å². The lowest BCUT2D eigenvalue weighted by molar-refractivity contribution is 0.0139. The Hall–Kier alpha value is -3.50. The molecule has 8 nitrogen and oxygen atoms in total. The quantitative estimate of drug-likeness (QED) is 0.361. The number of amides is 2. The molecule has 0 bridgehead atoms. The fourth-order valence-corrected chi connectivity index (χ4v) is 4.39. The van der Waals surface area contributed by atoms with Crippen LogP contribution in [0.2, 0.25) is 0 Å². The maximum absolute atomic E-state index is 14.1. The van der Waals surface area contributed by atoms with Crippen molar-refractivity contribution in [2.75, 3.05) is 46.0 Å². The first kappa shape index (κ1) is 28.5. The van der Waals surface area contributed by atoms with Crippen LogP contribution >= 0.6 is 0 Å². The molecule has 2 aromatic carbocycles. The van der Waals surface area contributed by atoms with E-state index >= 15 is 0 Å². The molecule has 210 valence electrons. The van der Waals surface area contributed by atoms with Crippen LogP contribution < -0.4 is 0 Å². The monoisotopic (exact) mass is 543 g/mol. The maximum Gasteiger partial charge on any atom is 0.410 e. The van der Waals surface area contributed by atoms with Gasteiger partial charge in [-0.3, -0.25) is 4.79 Å². The zero-order valence-corrected chi connectivity index (χ0v) is 22.6. The van der Waals surface area contributed by atoms with Gasteiger partial charge in [0.1, 0.15) is 11.3 Å². The SMILES string of the molecule is CC(C)(C)OC(=O)N1CCN(C(=O)c2cc3cc(F)c(F)cc3n2CCOCCOCc2ccccc2)CC1. The molecule has 1 saturated heterocycles. The van der Waals surface area contributed by atoms with E-state index in [1.54, 1.807) is 41.2 Å². The molecule has 2 amide bonds. The second-order valence-corrected chi connectivity index (χ2v) is 10.4. The topological polar surface area (TPSA) is 73.2 Å². The van der Waals surface area contributed by atoms with E-state index < -0.39 is 23.3 Å². The van der Waals surface area contributed by atoms with Crippen molar-refractivity contribution in [3.63, 3.8) is 0 Å². The predicted octanol–water partition coefficient (Wildman–Crippen LogP) is 4.85. The molecule has 0 spiro atoms. The van der Waals surface area contributed by atoms with E-state index in [0.29, 0.717) is 62.6 Å². The molecule has 3 aromatic rings. The fraction of sp³-hybridized carbons (Fsp3) is 0.448. The van der Waals surface area contributed by atoms with Gasteiger partial charge in [-0.05, 0) is 38.5 Å². The summed E-state index contributed by atoms with van der Waals surface area (Å²) in [6.07, 6.45) is -0.417. The molecule has 1 aromatic heterocycles. The average Bonchev–Trinajstić information content (AvgIpc) is 3.24. The fourth-order valence-electron chi connectivity index (χ4n) is 4.39. The van der Waals surface area contributed by atoms with Crippen LogP contribution in [0.4, 0.5) is 13.6 Å². The summed E-state index contributed by atoms with van der Waals surface area (Å²) in [4.78, 5) is 29.1. The Bertz CT molecular complexity index is 1280. The Balaban J connectivity index is 1.37. The van der Waals surface area contributed by atoms with Gasteiger partial charge in [-0.1, -0.05) is 30.3 Å². The Morgan fingerprint density at radius 3 is 2.18 bits per heavy atom. The third-order valence-corrected chi connectivity index (χ3v) is 6.32. The Kier molecular flexibility index (Phi) is 9.19. The van der Waals surface area contributed by atoms with E-state index in [1.165, 1.54) is 0 Å². The molecule has 2 heterocycles. The molecular formula is C29H35F2N3O5. The summed E-state index contributed by atoms with van der Waals surface area (Å²) in [5.74, 6) is -2.24. The zero-order chi connectivity index (χ0) is 28.0. The molecule has 4 rings (SSSR count). The first-order valence-electron chi connectivity index (χ1n) is 13.1. The standard InChI is InChI=1S/C29H35F2N3O5/c1-29(2,3)39-28(36)33-11-9-32(10-12-33)27(35)26-18-22-17-23(30)24(31)19-25(22)34(26)13-14-37-15-16-38-20-21-7-5-4-6-8-21/h4-8,17-19H,9-16,20H2,1-3H3. The maximum atomic E-state index is 14.1. The van der Waals surface area contributed by atoms with Gasteiger partial charge < -0.3 is 28.6 Å². The van der Waals surface area contributed by atoms with Gasteiger partial charge in [0, 0.05) is 44.2 Å². The molecule has 0 aliphatic carbocycles. The van der Waals surface area contributed by atoms with E-state index in [0.717, 1.165) is 17.7 Å². The largest absolute Gasteiger partial charge is 0.444 e. The van der Waals surface area contributed by atoms with Crippen LogP contribution in [0.5, 0.6) is 0 Å². The number of benzene rings is 2. The number of carbonyl (C=O) groups excluding carboxylic acids is 2. The number of aromatic nitrogens is 1. The zero-order valence-electron chi connectivity index (χ0n) is 22.6. The molecule has 0 N–H and O–H groups in total. The van der Waals surface area contributed by atoms with Crippen LogP contribution in [0.3, 0.4) is 0 Å². The van der Waals surface area contributed by atoms with Crippen LogP contribution in [0.25, 0.3) is 10.9 Å². The highest BCUT2D eigenvalue weighted by Gasteiger charge is 2.29. The van der Waals surface area contributed by atoms with Crippen molar-refractivity contribution < 1.29 is 32.6 Å². The van der Waals surface area contributed by atoms with Gasteiger partial charge in [0.25, 0.3) is 5.91 Å². The molecule has 0 radical (unpaired) electrons. The van der Waals surface area contributed by atoms with Gasteiger partial charge in [0.2, 0.25) is 0 Å². The summed E-state index contributed by atoms with van der Waals surface area (Å²) in [5.41, 5.74) is 1.19. The van der Waals surface area contributed by atoms with Crippen molar-refractivity contribution in [1.29, 1.82) is 0 Å². The number of rotatable bonds is 9. The number of hydrogen-bond acceptors (Lipinski definition) is 5. The first-order valence-corrected chi connectivity index (χ1v) is 13.1. The van der Waals surface area contributed by atoms with Gasteiger partial charge >= 0.3 is 6.09 Å². The van der Waals surface area contributed by atoms with E-state index in [9.17, 15) is 18.4 Å². The highest BCUT2D eigenvalue weighted by molar-refractivity contribution is 5.99. The van der Waals surface area contributed by atoms with Crippen LogP contribution in [0.15, 0.2) is 48.5 Å². The van der Waals surface area contributed by atoms with Crippen molar-refractivity contribution >= 4 is 22.9 Å². The molecule has 0 saturated carbocycles. The van der Waals surface area contributed by atoms with E-state index in [4.69, 9.17) is 14.2 Å². The smallest absolute Gasteiger partial charge is 0.410 e. The normalized spacial score (nSPS) is 14.2. The lowest BCUT2D eigenvalue weighted by Crippen LogP contribution is -2.51. The summed E-state index contributed by atoms with van der Waals surface area (Å²) in [6.45, 7) is 8.46. The minimum atomic E-state index is -0.984. The molecule has 0 atom stereocenters. The van der Waals surface area contributed by atoms with Crippen LogP contribution in [-0.2, 0) is 27.4 Å². The third-order valence-electron chi connectivity index (χ3n) is 6.32. The molecule has 10 heteroatoms. The van der Waals surface area contributed by atoms with Crippen LogP contribution in [0.1, 0.15) is 36.8 Å². The molecule has 1 fully saturated rings. The second kappa shape index (κ2) is 12.6. The predicted molar refractivity (Wildman–Crippen MR) is 142 cm³/mol. The summed E-state index contributed by atoms with van der Waals surface area (Å²) >= 11 is 0. The van der Waals surface area contributed by atoms with Gasteiger partial charge in [0.15, 0.2) is 11.6 Å². The lowest BCUT2D eigenvalue weighted by atomic mass is 10.2. The minimum absolute atomic E-state index is 0.254. The van der Waals surface area contributed by atoms with E-state index in [1.807, 2.05) is 30.3 Å². The van der Waals surface area contributed by atoms with Crippen LogP contribution in [0, 0.1) is 11.6 Å². The number of halogens is 2. The number of ether oxygens (including phenoxy) is 3. The lowest BCUT2D eigenvalue weighted by Gasteiger charge is -2.35. The summed E-state index contributed by atoms with van der Waals surface area (Å²) in [5, 5.41) is 0.427. The molecule has 0 unspecified atom stereocenters. The summed E-state index contributed by atoms with van der Waals surface area (Å²) < 4.78 is 46.5. The van der Waals surface area contributed by atoms with Crippen molar-refractivity contribution in [3.8, 4) is 0 Å². The minimum Gasteiger partial charge on any atom is -0.444 e. The number of carbonyl (C=O) groups is 2. The second-order valence-electron chi connectivity index (χ2n) is 10.4. The van der Waals surface area contributed by atoms with Gasteiger partial charge in [-0.25, -0.2) is 13.6 Å². The van der Waals surface area contributed by atoms with E-state index in [-0.39, 0.29) is 19.1 Å². The molecule has 39 heavy (non-hydrogen) atoms. The molecule has 1 aliphatic rings. The summed E-state index contributed by atoms with van der Waals surface area (Å²) in [6, 6.07) is 13.6. The van der Waals surface area contributed by atoms with E-state index in [2.05, 4.69) is 0 Å². The number of nitrogens with zero attached hydrogens (tertiary/aromatic N) is 3. The first-order chi connectivity index (χ1) is 18.6. The molecule has 1 aliphatic heterocycles. The van der Waals surface area contributed by atoms with Crippen molar-refractivity contribution in [2.24, 2.45) is 0 Å². The summed E-state index contributed by atoms with van der Waals surface area (Å²) in [7, 11) is 0. The Labute approximate surface area is 227 Å². The van der Waals surface area contributed by atoms with Gasteiger partial charge in [-0.2, -0.15) is 0 Å². The number of hydrogen-bond donors (Lipinski definition) is 0. The number of piperazine rings is 1. The molecular weight excluding hydrogens is 508 g/mol. The van der Waals surface area contributed by atoms with Crippen molar-refractivity contribution in [1.82, 2.24) is 14.4 Å². The highest BCUT2D eigenvalue weighted by atomic mass is 19.2. The van der Waals surface area contributed by atoms with Gasteiger partial charge in [-0.15, -0.1) is 0 Å². The Morgan fingerprint density at radius 2 is 1.49 bits per heavy atom. The number of fused-ring (bicyclic) bond motifs is 1. The van der Waals surface area contributed by atoms with Crippen molar-refractivity contribution in [3.05, 3.63) is 71.4 Å². The average molecular weight is 544 g/mol. The van der Waals surface area contributed by atoms with Crippen LogP contribution in [-0.4, -0.2) is 78.0 Å². The third kappa shape index (κ3) is 7.54. The highest BCUT2D eigenvalue weighted by Crippen LogP contribution is 2.25.